The summed E-state index contributed by atoms with van der Waals surface area (Å²) in [4.78, 5) is 0. The van der Waals surface area contributed by atoms with Crippen LogP contribution < -0.4 is 4.74 Å². The molecule has 4 atom stereocenters. The van der Waals surface area contributed by atoms with Crippen molar-refractivity contribution in [1.82, 2.24) is 9.19 Å². The first-order chi connectivity index (χ1) is 12.2. The normalized spacial score (nSPS) is 25.4. The van der Waals surface area contributed by atoms with Crippen molar-refractivity contribution in [3.05, 3.63) is 75.9 Å². The molecule has 1 aromatic heterocycles. The molecule has 0 N–H and O–H groups in total. The van der Waals surface area contributed by atoms with Crippen molar-refractivity contribution in [3.8, 4) is 5.75 Å². The summed E-state index contributed by atoms with van der Waals surface area (Å²) in [6.45, 7) is 2.12. The molecule has 2 aromatic carbocycles. The SMILES string of the molecule is COc1ccc([C@H]2c3[se]nnc3[C@H](C)[C@@H](c3ccccc3)S2=O)cc1. The van der Waals surface area contributed by atoms with Gasteiger partial charge in [0.1, 0.15) is 0 Å². The molecular formula is C19H18N2O2SSe. The summed E-state index contributed by atoms with van der Waals surface area (Å²) in [7, 11) is 0.582. The molecule has 1 aliphatic rings. The third-order valence-electron chi connectivity index (χ3n) is 4.69. The third-order valence-corrected chi connectivity index (χ3v) is 8.87. The van der Waals surface area contributed by atoms with E-state index in [0.717, 1.165) is 27.0 Å². The first kappa shape index (κ1) is 16.7. The molecule has 2 heterocycles. The fourth-order valence-corrected chi connectivity index (χ4v) is 7.87. The number of ether oxygens (including phenoxy) is 1. The number of aromatic nitrogens is 2. The average Bonchev–Trinajstić information content (AvgIpc) is 3.13. The summed E-state index contributed by atoms with van der Waals surface area (Å²) < 4.78 is 24.3. The zero-order valence-corrected chi connectivity index (χ0v) is 16.5. The number of hydrogen-bond acceptors (Lipinski definition) is 4. The van der Waals surface area contributed by atoms with Crippen molar-refractivity contribution in [2.45, 2.75) is 23.3 Å². The van der Waals surface area contributed by atoms with Gasteiger partial charge in [0.2, 0.25) is 0 Å². The molecule has 1 aliphatic heterocycles. The molecule has 6 heteroatoms. The molecule has 0 bridgehead atoms. The van der Waals surface area contributed by atoms with E-state index in [1.54, 1.807) is 7.11 Å². The van der Waals surface area contributed by atoms with E-state index < -0.39 is 10.8 Å². The molecular weight excluding hydrogens is 399 g/mol. The minimum atomic E-state index is -1.07. The standard InChI is InChI=1S/C19H18N2O2SSe/c1-12-16-19(25-21-20-16)18(14-8-10-15(23-2)11-9-14)24(22)17(12)13-6-4-3-5-7-13/h3-12,17-18H,1-2H3/t12-,17-,18-,24?/m0/s1. The molecule has 128 valence electrons. The van der Waals surface area contributed by atoms with E-state index in [0.29, 0.717) is 0 Å². The van der Waals surface area contributed by atoms with Crippen LogP contribution in [-0.4, -0.2) is 35.2 Å². The summed E-state index contributed by atoms with van der Waals surface area (Å²) in [5.74, 6) is 0.916. The average molecular weight is 417 g/mol. The summed E-state index contributed by atoms with van der Waals surface area (Å²) in [5, 5.41) is 4.22. The van der Waals surface area contributed by atoms with E-state index in [9.17, 15) is 4.21 Å². The molecule has 4 nitrogen and oxygen atoms in total. The Balaban J connectivity index is 1.83. The summed E-state index contributed by atoms with van der Waals surface area (Å²) in [5.41, 5.74) is 3.19. The fourth-order valence-electron chi connectivity index (χ4n) is 3.43. The number of nitrogens with zero attached hydrogens (tertiary/aromatic N) is 2. The van der Waals surface area contributed by atoms with Crippen LogP contribution in [0.25, 0.3) is 0 Å². The van der Waals surface area contributed by atoms with Crippen molar-refractivity contribution in [2.75, 3.05) is 7.11 Å². The second-order valence-electron chi connectivity index (χ2n) is 6.12. The van der Waals surface area contributed by atoms with Crippen molar-refractivity contribution in [1.29, 1.82) is 0 Å². The Hall–Kier alpha value is -1.75. The van der Waals surface area contributed by atoms with E-state index in [-0.39, 0.29) is 31.2 Å². The zero-order chi connectivity index (χ0) is 17.4. The fraction of sp³-hybridized carbons (Fsp3) is 0.263. The van der Waals surface area contributed by atoms with Gasteiger partial charge >= 0.3 is 156 Å². The van der Waals surface area contributed by atoms with Crippen LogP contribution in [0.5, 0.6) is 5.75 Å². The third kappa shape index (κ3) is 2.88. The predicted octanol–water partition coefficient (Wildman–Crippen LogP) is 3.24. The molecule has 1 unspecified atom stereocenters. The Morgan fingerprint density at radius 2 is 1.76 bits per heavy atom. The summed E-state index contributed by atoms with van der Waals surface area (Å²) >= 11 is -0.0640. The van der Waals surface area contributed by atoms with Crippen LogP contribution in [0.4, 0.5) is 0 Å². The van der Waals surface area contributed by atoms with Gasteiger partial charge in [-0.15, -0.1) is 0 Å². The molecule has 0 saturated carbocycles. The first-order valence-electron chi connectivity index (χ1n) is 8.11. The van der Waals surface area contributed by atoms with Crippen LogP contribution >= 0.6 is 0 Å². The van der Waals surface area contributed by atoms with Crippen LogP contribution in [0.1, 0.15) is 44.6 Å². The van der Waals surface area contributed by atoms with Crippen molar-refractivity contribution < 1.29 is 8.95 Å². The number of methoxy groups -OCH3 is 1. The maximum atomic E-state index is 13.6. The minimum absolute atomic E-state index is 0.0640. The van der Waals surface area contributed by atoms with Crippen LogP contribution in [0.15, 0.2) is 54.6 Å². The maximum absolute atomic E-state index is 13.6. The molecule has 0 radical (unpaired) electrons. The Kier molecular flexibility index (Phi) is 4.59. The van der Waals surface area contributed by atoms with Gasteiger partial charge in [0.25, 0.3) is 0 Å². The Morgan fingerprint density at radius 1 is 1.04 bits per heavy atom. The predicted molar refractivity (Wildman–Crippen MR) is 99.5 cm³/mol. The second kappa shape index (κ2) is 6.87. The Bertz CT molecular complexity index is 895. The molecule has 0 spiro atoms. The number of fused-ring (bicyclic) bond motifs is 1. The Labute approximate surface area is 155 Å². The van der Waals surface area contributed by atoms with Gasteiger partial charge in [-0.1, -0.05) is 0 Å². The van der Waals surface area contributed by atoms with E-state index in [4.69, 9.17) is 4.74 Å². The molecule has 4 rings (SSSR count). The van der Waals surface area contributed by atoms with Gasteiger partial charge in [-0.2, -0.15) is 0 Å². The molecule has 25 heavy (non-hydrogen) atoms. The molecule has 3 aromatic rings. The zero-order valence-electron chi connectivity index (χ0n) is 14.0. The van der Waals surface area contributed by atoms with Gasteiger partial charge in [0.15, 0.2) is 0 Å². The first-order valence-corrected chi connectivity index (χ1v) is 11.0. The van der Waals surface area contributed by atoms with Gasteiger partial charge in [-0.05, 0) is 0 Å². The van der Waals surface area contributed by atoms with Crippen LogP contribution in [-0.2, 0) is 10.8 Å². The van der Waals surface area contributed by atoms with Crippen molar-refractivity contribution in [3.63, 3.8) is 0 Å². The quantitative estimate of drug-likeness (QED) is 0.614. The number of hydrogen-bond donors (Lipinski definition) is 0. The van der Waals surface area contributed by atoms with Gasteiger partial charge in [-0.3, -0.25) is 0 Å². The van der Waals surface area contributed by atoms with E-state index >= 15 is 0 Å². The summed E-state index contributed by atoms with van der Waals surface area (Å²) in [6.07, 6.45) is 0. The Morgan fingerprint density at radius 3 is 2.44 bits per heavy atom. The van der Waals surface area contributed by atoms with Crippen molar-refractivity contribution >= 4 is 25.5 Å². The number of benzene rings is 2. The van der Waals surface area contributed by atoms with E-state index in [1.165, 1.54) is 0 Å². The van der Waals surface area contributed by atoms with Crippen LogP contribution in [0.3, 0.4) is 0 Å². The number of rotatable bonds is 3. The van der Waals surface area contributed by atoms with Crippen LogP contribution in [0, 0.1) is 0 Å². The second-order valence-corrected chi connectivity index (χ2v) is 9.41. The molecule has 0 saturated heterocycles. The van der Waals surface area contributed by atoms with Gasteiger partial charge in [0, 0.05) is 0 Å². The van der Waals surface area contributed by atoms with Gasteiger partial charge in [-0.25, -0.2) is 0 Å². The van der Waals surface area contributed by atoms with Gasteiger partial charge in [0.05, 0.1) is 0 Å². The topological polar surface area (TPSA) is 52.1 Å². The van der Waals surface area contributed by atoms with Gasteiger partial charge < -0.3 is 0 Å². The van der Waals surface area contributed by atoms with Crippen molar-refractivity contribution in [2.24, 2.45) is 0 Å². The summed E-state index contributed by atoms with van der Waals surface area (Å²) in [6, 6.07) is 18.0. The van der Waals surface area contributed by atoms with E-state index in [1.807, 2.05) is 42.5 Å². The molecule has 0 fully saturated rings. The molecule has 0 amide bonds. The van der Waals surface area contributed by atoms with E-state index in [2.05, 4.69) is 28.2 Å². The molecule has 0 aliphatic carbocycles. The van der Waals surface area contributed by atoms with Crippen LogP contribution in [0.2, 0.25) is 0 Å². The monoisotopic (exact) mass is 418 g/mol.